The van der Waals surface area contributed by atoms with E-state index in [9.17, 15) is 9.59 Å². The smallest absolute Gasteiger partial charge is 0.256 e. The monoisotopic (exact) mass is 285 g/mol. The molecule has 1 unspecified atom stereocenters. The third kappa shape index (κ3) is 3.79. The highest BCUT2D eigenvalue weighted by atomic mass is 16.2. The Morgan fingerprint density at radius 3 is 2.57 bits per heavy atom. The van der Waals surface area contributed by atoms with Crippen LogP contribution in [0.5, 0.6) is 0 Å². The molecule has 5 heteroatoms. The molecule has 1 heterocycles. The van der Waals surface area contributed by atoms with Crippen molar-refractivity contribution < 1.29 is 4.79 Å². The molecule has 1 atom stereocenters. The summed E-state index contributed by atoms with van der Waals surface area (Å²) in [6.45, 7) is 0.435. The SMILES string of the molecule is CN(C)C(CNC(=O)c1c[nH]ccc1=O)c1ccccc1. The van der Waals surface area contributed by atoms with Crippen LogP contribution in [0.3, 0.4) is 0 Å². The van der Waals surface area contributed by atoms with Crippen molar-refractivity contribution in [1.29, 1.82) is 0 Å². The predicted molar refractivity (Wildman–Crippen MR) is 82.3 cm³/mol. The van der Waals surface area contributed by atoms with Crippen LogP contribution in [-0.2, 0) is 0 Å². The zero-order valence-electron chi connectivity index (χ0n) is 12.2. The number of aromatic amines is 1. The van der Waals surface area contributed by atoms with Crippen LogP contribution in [0.25, 0.3) is 0 Å². The average molecular weight is 285 g/mol. The highest BCUT2D eigenvalue weighted by Gasteiger charge is 2.16. The van der Waals surface area contributed by atoms with Crippen LogP contribution in [0.4, 0.5) is 0 Å². The van der Waals surface area contributed by atoms with Crippen molar-refractivity contribution in [3.8, 4) is 0 Å². The summed E-state index contributed by atoms with van der Waals surface area (Å²) in [6, 6.07) is 11.3. The first kappa shape index (κ1) is 15.0. The van der Waals surface area contributed by atoms with E-state index >= 15 is 0 Å². The Hall–Kier alpha value is -2.40. The lowest BCUT2D eigenvalue weighted by Crippen LogP contribution is -2.36. The number of carbonyl (C=O) groups excluding carboxylic acids is 1. The number of pyridine rings is 1. The van der Waals surface area contributed by atoms with E-state index in [0.29, 0.717) is 6.54 Å². The molecule has 0 saturated heterocycles. The Morgan fingerprint density at radius 2 is 1.95 bits per heavy atom. The van der Waals surface area contributed by atoms with E-state index in [1.165, 1.54) is 18.5 Å². The van der Waals surface area contributed by atoms with E-state index in [1.807, 2.05) is 49.3 Å². The second kappa shape index (κ2) is 6.85. The van der Waals surface area contributed by atoms with E-state index in [4.69, 9.17) is 0 Å². The van der Waals surface area contributed by atoms with Crippen LogP contribution < -0.4 is 10.7 Å². The van der Waals surface area contributed by atoms with Gasteiger partial charge >= 0.3 is 0 Å². The standard InChI is InChI=1S/C16H19N3O2/c1-19(2)14(12-6-4-3-5-7-12)11-18-16(21)13-10-17-9-8-15(13)20/h3-10,14H,11H2,1-2H3,(H,17,20)(H,18,21). The van der Waals surface area contributed by atoms with E-state index in [2.05, 4.69) is 10.3 Å². The third-order valence-electron chi connectivity index (χ3n) is 3.33. The van der Waals surface area contributed by atoms with Crippen molar-refractivity contribution in [2.75, 3.05) is 20.6 Å². The minimum Gasteiger partial charge on any atom is -0.367 e. The van der Waals surface area contributed by atoms with Gasteiger partial charge in [0, 0.05) is 25.0 Å². The average Bonchev–Trinajstić information content (AvgIpc) is 2.48. The maximum absolute atomic E-state index is 12.1. The molecule has 1 aromatic carbocycles. The fraction of sp³-hybridized carbons (Fsp3) is 0.250. The molecule has 0 spiro atoms. The van der Waals surface area contributed by atoms with Crippen molar-refractivity contribution in [3.05, 3.63) is 70.1 Å². The van der Waals surface area contributed by atoms with Crippen LogP contribution in [0.1, 0.15) is 22.0 Å². The number of carbonyl (C=O) groups is 1. The summed E-state index contributed by atoms with van der Waals surface area (Å²) in [7, 11) is 3.91. The molecule has 1 amide bonds. The van der Waals surface area contributed by atoms with Crippen LogP contribution in [0, 0.1) is 0 Å². The molecular weight excluding hydrogens is 266 g/mol. The topological polar surface area (TPSA) is 65.2 Å². The number of benzene rings is 1. The first-order chi connectivity index (χ1) is 10.1. The molecule has 5 nitrogen and oxygen atoms in total. The molecule has 0 bridgehead atoms. The summed E-state index contributed by atoms with van der Waals surface area (Å²) in [5.41, 5.74) is 0.959. The van der Waals surface area contributed by atoms with Gasteiger partial charge in [-0.25, -0.2) is 0 Å². The second-order valence-corrected chi connectivity index (χ2v) is 5.02. The largest absolute Gasteiger partial charge is 0.367 e. The molecule has 0 fully saturated rings. The van der Waals surface area contributed by atoms with Gasteiger partial charge in [-0.3, -0.25) is 9.59 Å². The molecule has 1 aromatic heterocycles. The quantitative estimate of drug-likeness (QED) is 0.873. The summed E-state index contributed by atoms with van der Waals surface area (Å²) < 4.78 is 0. The summed E-state index contributed by atoms with van der Waals surface area (Å²) in [4.78, 5) is 28.5. The van der Waals surface area contributed by atoms with E-state index in [1.54, 1.807) is 0 Å². The van der Waals surface area contributed by atoms with Gasteiger partial charge in [0.1, 0.15) is 5.56 Å². The van der Waals surface area contributed by atoms with E-state index in [0.717, 1.165) is 5.56 Å². The number of H-pyrrole nitrogens is 1. The Labute approximate surface area is 123 Å². The van der Waals surface area contributed by atoms with Crippen molar-refractivity contribution in [2.24, 2.45) is 0 Å². The van der Waals surface area contributed by atoms with Gasteiger partial charge in [0.05, 0.1) is 6.04 Å². The van der Waals surface area contributed by atoms with Gasteiger partial charge < -0.3 is 15.2 Å². The number of aromatic nitrogens is 1. The molecule has 2 N–H and O–H groups in total. The molecule has 0 aliphatic heterocycles. The highest BCUT2D eigenvalue weighted by Crippen LogP contribution is 2.16. The lowest BCUT2D eigenvalue weighted by molar-refractivity contribution is 0.0940. The maximum Gasteiger partial charge on any atom is 0.256 e. The maximum atomic E-state index is 12.1. The van der Waals surface area contributed by atoms with Crippen LogP contribution in [0.15, 0.2) is 53.6 Å². The lowest BCUT2D eigenvalue weighted by atomic mass is 10.1. The van der Waals surface area contributed by atoms with Gasteiger partial charge in [-0.05, 0) is 19.7 Å². The molecule has 0 aliphatic carbocycles. The molecule has 2 rings (SSSR count). The summed E-state index contributed by atoms with van der Waals surface area (Å²) in [5, 5.41) is 2.82. The van der Waals surface area contributed by atoms with Gasteiger partial charge in [-0.2, -0.15) is 0 Å². The number of amides is 1. The van der Waals surface area contributed by atoms with Crippen molar-refractivity contribution in [3.63, 3.8) is 0 Å². The number of rotatable bonds is 5. The lowest BCUT2D eigenvalue weighted by Gasteiger charge is -2.25. The van der Waals surface area contributed by atoms with Crippen molar-refractivity contribution in [1.82, 2.24) is 15.2 Å². The highest BCUT2D eigenvalue weighted by molar-refractivity contribution is 5.93. The number of nitrogens with one attached hydrogen (secondary N) is 2. The van der Waals surface area contributed by atoms with E-state index < -0.39 is 0 Å². The molecule has 21 heavy (non-hydrogen) atoms. The number of likely N-dealkylation sites (N-methyl/N-ethyl adjacent to an activating group) is 1. The van der Waals surface area contributed by atoms with Gasteiger partial charge in [0.25, 0.3) is 5.91 Å². The van der Waals surface area contributed by atoms with Crippen LogP contribution >= 0.6 is 0 Å². The minimum atomic E-state index is -0.361. The second-order valence-electron chi connectivity index (χ2n) is 5.02. The fourth-order valence-electron chi connectivity index (χ4n) is 2.15. The summed E-state index contributed by atoms with van der Waals surface area (Å²) in [5.74, 6) is -0.361. The minimum absolute atomic E-state index is 0.0537. The van der Waals surface area contributed by atoms with Crippen LogP contribution in [0.2, 0.25) is 0 Å². The zero-order valence-corrected chi connectivity index (χ0v) is 12.2. The molecule has 0 saturated carbocycles. The first-order valence-corrected chi connectivity index (χ1v) is 6.76. The van der Waals surface area contributed by atoms with Gasteiger partial charge in [-0.1, -0.05) is 30.3 Å². The first-order valence-electron chi connectivity index (χ1n) is 6.76. The third-order valence-corrected chi connectivity index (χ3v) is 3.33. The summed E-state index contributed by atoms with van der Waals surface area (Å²) in [6.07, 6.45) is 2.93. The Morgan fingerprint density at radius 1 is 1.24 bits per heavy atom. The number of hydrogen-bond acceptors (Lipinski definition) is 3. The molecule has 0 aliphatic rings. The number of hydrogen-bond donors (Lipinski definition) is 2. The number of nitrogens with zero attached hydrogens (tertiary/aromatic N) is 1. The summed E-state index contributed by atoms with van der Waals surface area (Å²) >= 11 is 0. The molecular formula is C16H19N3O2. The Kier molecular flexibility index (Phi) is 4.90. The molecule has 2 aromatic rings. The zero-order chi connectivity index (χ0) is 15.2. The van der Waals surface area contributed by atoms with Gasteiger partial charge in [-0.15, -0.1) is 0 Å². The van der Waals surface area contributed by atoms with Gasteiger partial charge in [0.15, 0.2) is 5.43 Å². The molecule has 0 radical (unpaired) electrons. The Balaban J connectivity index is 2.08. The van der Waals surface area contributed by atoms with E-state index in [-0.39, 0.29) is 22.9 Å². The van der Waals surface area contributed by atoms with Crippen molar-refractivity contribution >= 4 is 5.91 Å². The molecule has 110 valence electrons. The Bertz CT molecular complexity index is 650. The van der Waals surface area contributed by atoms with Crippen molar-refractivity contribution in [2.45, 2.75) is 6.04 Å². The van der Waals surface area contributed by atoms with Gasteiger partial charge in [0.2, 0.25) is 0 Å². The predicted octanol–water partition coefficient (Wildman–Crippen LogP) is 1.41. The van der Waals surface area contributed by atoms with Crippen LogP contribution in [-0.4, -0.2) is 36.4 Å². The normalized spacial score (nSPS) is 12.1. The fourth-order valence-corrected chi connectivity index (χ4v) is 2.15.